The molecule has 0 aromatic heterocycles. The average molecular weight is 399 g/mol. The van der Waals surface area contributed by atoms with Gasteiger partial charge in [-0.2, -0.15) is 13.2 Å². The minimum absolute atomic E-state index is 0.111. The van der Waals surface area contributed by atoms with Gasteiger partial charge in [-0.1, -0.05) is 6.07 Å². The van der Waals surface area contributed by atoms with Gasteiger partial charge < -0.3 is 15.2 Å². The van der Waals surface area contributed by atoms with Crippen LogP contribution in [0.25, 0.3) is 0 Å². The van der Waals surface area contributed by atoms with Crippen molar-refractivity contribution in [2.24, 2.45) is 5.92 Å². The zero-order valence-corrected chi connectivity index (χ0v) is 14.5. The van der Waals surface area contributed by atoms with Crippen molar-refractivity contribution in [3.63, 3.8) is 0 Å². The molecule has 0 bridgehead atoms. The minimum Gasteiger partial charge on any atom is -0.480 e. The summed E-state index contributed by atoms with van der Waals surface area (Å²) in [5.41, 5.74) is -2.58. The molecule has 2 N–H and O–H groups in total. The van der Waals surface area contributed by atoms with E-state index in [1.165, 1.54) is 0 Å². The second-order valence-electron chi connectivity index (χ2n) is 6.73. The van der Waals surface area contributed by atoms with Gasteiger partial charge in [0, 0.05) is 18.8 Å². The Kier molecular flexibility index (Phi) is 5.00. The van der Waals surface area contributed by atoms with Crippen LogP contribution in [0.5, 0.6) is 0 Å². The van der Waals surface area contributed by atoms with E-state index in [9.17, 15) is 32.3 Å². The van der Waals surface area contributed by atoms with Crippen LogP contribution in [0.3, 0.4) is 0 Å². The molecule has 1 heterocycles. The second-order valence-corrected chi connectivity index (χ2v) is 6.73. The third-order valence-corrected chi connectivity index (χ3v) is 5.15. The van der Waals surface area contributed by atoms with Gasteiger partial charge in [-0.15, -0.1) is 0 Å². The molecule has 28 heavy (non-hydrogen) atoms. The molecule has 1 aliphatic heterocycles. The number of Topliss-reactive ketones (excluding diaryl/α,β-unsaturated/α-hetero) is 2. The average Bonchev–Trinajstić information content (AvgIpc) is 2.64. The van der Waals surface area contributed by atoms with E-state index in [4.69, 9.17) is 9.84 Å². The predicted molar refractivity (Wildman–Crippen MR) is 86.6 cm³/mol. The summed E-state index contributed by atoms with van der Waals surface area (Å²) in [4.78, 5) is 49.0. The van der Waals surface area contributed by atoms with E-state index < -0.39 is 53.1 Å². The number of carbonyl (C=O) groups is 4. The van der Waals surface area contributed by atoms with E-state index in [-0.39, 0.29) is 37.2 Å². The van der Waals surface area contributed by atoms with Crippen molar-refractivity contribution in [1.29, 1.82) is 0 Å². The fraction of sp³-hybridized carbons (Fsp3) is 0.444. The van der Waals surface area contributed by atoms with E-state index in [0.717, 1.165) is 12.1 Å². The number of halogens is 3. The zero-order valence-electron chi connectivity index (χ0n) is 14.5. The van der Waals surface area contributed by atoms with Crippen LogP contribution >= 0.6 is 0 Å². The number of rotatable bonds is 3. The molecule has 1 aliphatic carbocycles. The smallest absolute Gasteiger partial charge is 0.416 e. The molecule has 3 rings (SSSR count). The van der Waals surface area contributed by atoms with Crippen LogP contribution in [0.1, 0.15) is 34.3 Å². The van der Waals surface area contributed by atoms with Crippen molar-refractivity contribution in [3.05, 3.63) is 34.9 Å². The summed E-state index contributed by atoms with van der Waals surface area (Å²) < 4.78 is 44.6. The number of carboxylic acid groups (broad SMARTS) is 1. The molecular weight excluding hydrogens is 383 g/mol. The van der Waals surface area contributed by atoms with E-state index in [0.29, 0.717) is 6.07 Å². The number of carboxylic acids is 1. The van der Waals surface area contributed by atoms with Gasteiger partial charge in [-0.05, 0) is 30.5 Å². The first-order chi connectivity index (χ1) is 13.1. The number of hydrogen-bond acceptors (Lipinski definition) is 5. The summed E-state index contributed by atoms with van der Waals surface area (Å²) in [5.74, 6) is -6.22. The molecule has 1 amide bonds. The molecule has 7 nitrogen and oxygen atoms in total. The van der Waals surface area contributed by atoms with Crippen molar-refractivity contribution in [1.82, 2.24) is 5.32 Å². The predicted octanol–water partition coefficient (Wildman–Crippen LogP) is 1.34. The molecule has 1 saturated heterocycles. The number of alkyl halides is 3. The topological polar surface area (TPSA) is 110 Å². The monoisotopic (exact) mass is 399 g/mol. The Morgan fingerprint density at radius 3 is 2.43 bits per heavy atom. The minimum atomic E-state index is -4.71. The highest BCUT2D eigenvalue weighted by atomic mass is 19.4. The largest absolute Gasteiger partial charge is 0.480 e. The zero-order chi connectivity index (χ0) is 20.7. The molecule has 0 saturated carbocycles. The fourth-order valence-electron chi connectivity index (χ4n) is 3.76. The third-order valence-electron chi connectivity index (χ3n) is 5.15. The molecule has 150 valence electrons. The lowest BCUT2D eigenvalue weighted by molar-refractivity contribution is -0.142. The highest BCUT2D eigenvalue weighted by Crippen LogP contribution is 2.45. The molecule has 1 unspecified atom stereocenters. The fourth-order valence-corrected chi connectivity index (χ4v) is 3.76. The summed E-state index contributed by atoms with van der Waals surface area (Å²) >= 11 is 0. The lowest BCUT2D eigenvalue weighted by Gasteiger charge is -2.42. The Morgan fingerprint density at radius 2 is 1.86 bits per heavy atom. The molecule has 1 spiro atoms. The summed E-state index contributed by atoms with van der Waals surface area (Å²) in [5, 5.41) is 10.7. The van der Waals surface area contributed by atoms with E-state index in [1.54, 1.807) is 0 Å². The van der Waals surface area contributed by atoms with Gasteiger partial charge in [0.1, 0.15) is 6.54 Å². The summed E-state index contributed by atoms with van der Waals surface area (Å²) in [6.45, 7) is -0.533. The summed E-state index contributed by atoms with van der Waals surface area (Å²) in [6, 6.07) is 2.57. The highest BCUT2D eigenvalue weighted by Gasteiger charge is 2.55. The number of amides is 1. The normalized spacial score (nSPS) is 21.3. The maximum atomic E-state index is 13.1. The van der Waals surface area contributed by atoms with Gasteiger partial charge >= 0.3 is 12.1 Å². The van der Waals surface area contributed by atoms with Crippen molar-refractivity contribution in [2.45, 2.75) is 24.4 Å². The Balaban J connectivity index is 2.12. The number of hydrogen-bond donors (Lipinski definition) is 2. The Bertz CT molecular complexity index is 857. The Labute approximate surface area is 156 Å². The lowest BCUT2D eigenvalue weighted by atomic mass is 9.60. The van der Waals surface area contributed by atoms with Crippen LogP contribution < -0.4 is 5.32 Å². The van der Waals surface area contributed by atoms with E-state index in [1.807, 2.05) is 5.32 Å². The number of ether oxygens (including phenoxy) is 1. The van der Waals surface area contributed by atoms with Gasteiger partial charge in [-0.25, -0.2) is 0 Å². The van der Waals surface area contributed by atoms with Crippen LogP contribution in [0.4, 0.5) is 13.2 Å². The van der Waals surface area contributed by atoms with Gasteiger partial charge in [0.2, 0.25) is 5.91 Å². The number of ketones is 2. The highest BCUT2D eigenvalue weighted by molar-refractivity contribution is 6.29. The number of fused-ring (bicyclic) bond motifs is 2. The van der Waals surface area contributed by atoms with Crippen LogP contribution in [-0.4, -0.2) is 48.3 Å². The van der Waals surface area contributed by atoms with Crippen molar-refractivity contribution >= 4 is 23.4 Å². The summed E-state index contributed by atoms with van der Waals surface area (Å²) in [7, 11) is 0. The third kappa shape index (κ3) is 3.28. The Hall–Kier alpha value is -2.75. The maximum absolute atomic E-state index is 13.1. The van der Waals surface area contributed by atoms with Gasteiger partial charge in [0.25, 0.3) is 0 Å². The lowest BCUT2D eigenvalue weighted by Crippen LogP contribution is -2.55. The molecule has 1 fully saturated rings. The van der Waals surface area contributed by atoms with Crippen molar-refractivity contribution in [3.8, 4) is 0 Å². The number of carbonyl (C=O) groups excluding carboxylic acids is 3. The van der Waals surface area contributed by atoms with Gasteiger partial charge in [0.15, 0.2) is 17.5 Å². The second kappa shape index (κ2) is 7.01. The molecular formula is C18H16F3NO6. The number of benzene rings is 1. The SMILES string of the molecule is O=C(O)CNC(=O)C1C(=O)c2cc(C(F)(F)F)ccc2C2(CCOCC2)C1=O. The van der Waals surface area contributed by atoms with Crippen LogP contribution in [0.15, 0.2) is 18.2 Å². The van der Waals surface area contributed by atoms with Crippen LogP contribution in [0, 0.1) is 5.92 Å². The van der Waals surface area contributed by atoms with Crippen LogP contribution in [-0.2, 0) is 30.7 Å². The van der Waals surface area contributed by atoms with Crippen LogP contribution in [0.2, 0.25) is 0 Å². The molecule has 0 radical (unpaired) electrons. The molecule has 10 heteroatoms. The van der Waals surface area contributed by atoms with Gasteiger partial charge in [-0.3, -0.25) is 19.2 Å². The van der Waals surface area contributed by atoms with Crippen molar-refractivity contribution < 1.29 is 42.2 Å². The summed E-state index contributed by atoms with van der Waals surface area (Å²) in [6.07, 6.45) is -4.49. The van der Waals surface area contributed by atoms with Crippen molar-refractivity contribution in [2.75, 3.05) is 19.8 Å². The number of aliphatic carboxylic acids is 1. The first-order valence-corrected chi connectivity index (χ1v) is 8.45. The quantitative estimate of drug-likeness (QED) is 0.743. The first kappa shape index (κ1) is 20.0. The van der Waals surface area contributed by atoms with E-state index >= 15 is 0 Å². The standard InChI is InChI=1S/C18H16F3NO6/c19-18(20,21)9-1-2-11-10(7-9)14(25)13(16(27)22-8-12(23)24)15(26)17(11)3-5-28-6-4-17/h1-2,7,13H,3-6,8H2,(H,22,27)(H,23,24). The molecule has 2 aliphatic rings. The molecule has 1 aromatic rings. The van der Waals surface area contributed by atoms with Gasteiger partial charge in [0.05, 0.1) is 11.0 Å². The maximum Gasteiger partial charge on any atom is 0.416 e. The van der Waals surface area contributed by atoms with E-state index in [2.05, 4.69) is 0 Å². The Morgan fingerprint density at radius 1 is 1.21 bits per heavy atom. The molecule has 1 aromatic carbocycles. The molecule has 1 atom stereocenters. The first-order valence-electron chi connectivity index (χ1n) is 8.45. The number of nitrogens with one attached hydrogen (secondary N) is 1.